The van der Waals surface area contributed by atoms with Gasteiger partial charge in [-0.2, -0.15) is 12.6 Å². The molecular weight excluding hydrogens is 249 g/mol. The summed E-state index contributed by atoms with van der Waals surface area (Å²) in [4.78, 5) is 9.94. The molecule has 1 aromatic rings. The molecule has 0 unspecified atom stereocenters. The van der Waals surface area contributed by atoms with Gasteiger partial charge in [-0.3, -0.25) is 10.1 Å². The number of nitro groups is 1. The highest BCUT2D eigenvalue weighted by Crippen LogP contribution is 2.27. The third kappa shape index (κ3) is 4.58. The Morgan fingerprint density at radius 1 is 1.35 bits per heavy atom. The first-order valence-corrected chi connectivity index (χ1v) is 5.53. The van der Waals surface area contributed by atoms with Gasteiger partial charge in [-0.15, -0.1) is 0 Å². The van der Waals surface area contributed by atoms with Crippen molar-refractivity contribution in [2.75, 3.05) is 25.6 Å². The first-order valence-electron chi connectivity index (χ1n) is 4.90. The van der Waals surface area contributed by atoms with E-state index in [0.717, 1.165) is 12.1 Å². The summed E-state index contributed by atoms with van der Waals surface area (Å²) in [5.41, 5.74) is -0.390. The number of hydrogen-bond acceptors (Lipinski definition) is 5. The molecule has 1 aromatic carbocycles. The van der Waals surface area contributed by atoms with E-state index in [1.54, 1.807) is 0 Å². The summed E-state index contributed by atoms with van der Waals surface area (Å²) in [5, 5.41) is 10.6. The Morgan fingerprint density at radius 3 is 2.76 bits per heavy atom. The molecule has 94 valence electrons. The molecule has 17 heavy (non-hydrogen) atoms. The van der Waals surface area contributed by atoms with E-state index in [-0.39, 0.29) is 18.0 Å². The maximum Gasteiger partial charge on any atom is 0.313 e. The van der Waals surface area contributed by atoms with Crippen LogP contribution in [0.25, 0.3) is 0 Å². The van der Waals surface area contributed by atoms with Gasteiger partial charge >= 0.3 is 5.69 Å². The lowest BCUT2D eigenvalue weighted by molar-refractivity contribution is -0.386. The van der Waals surface area contributed by atoms with E-state index in [2.05, 4.69) is 12.6 Å². The van der Waals surface area contributed by atoms with Gasteiger partial charge in [-0.05, 0) is 12.1 Å². The van der Waals surface area contributed by atoms with E-state index in [4.69, 9.17) is 9.47 Å². The average Bonchev–Trinajstić information content (AvgIpc) is 2.30. The molecule has 0 fully saturated rings. The fraction of sp³-hybridized carbons (Fsp3) is 0.400. The summed E-state index contributed by atoms with van der Waals surface area (Å²) in [6.07, 6.45) is 0. The minimum absolute atomic E-state index is 0.0332. The molecule has 0 aliphatic carbocycles. The summed E-state index contributed by atoms with van der Waals surface area (Å²) >= 11 is 3.95. The number of thiol groups is 1. The number of nitro benzene ring substituents is 1. The highest BCUT2D eigenvalue weighted by molar-refractivity contribution is 7.80. The Kier molecular flexibility index (Phi) is 5.71. The molecule has 1 rings (SSSR count). The Labute approximate surface area is 103 Å². The molecule has 0 atom stereocenters. The molecular formula is C10H12FNO4S. The number of ether oxygens (including phenoxy) is 2. The van der Waals surface area contributed by atoms with Gasteiger partial charge in [0.05, 0.1) is 24.2 Å². The van der Waals surface area contributed by atoms with Crippen LogP contribution in [0, 0.1) is 15.9 Å². The van der Waals surface area contributed by atoms with Crippen LogP contribution in [0.4, 0.5) is 10.1 Å². The smallest absolute Gasteiger partial charge is 0.313 e. The summed E-state index contributed by atoms with van der Waals surface area (Å²) in [7, 11) is 0. The van der Waals surface area contributed by atoms with Crippen molar-refractivity contribution in [3.05, 3.63) is 34.1 Å². The molecule has 0 saturated carbocycles. The maximum atomic E-state index is 12.8. The van der Waals surface area contributed by atoms with E-state index in [1.807, 2.05) is 0 Å². The van der Waals surface area contributed by atoms with Gasteiger partial charge in [0, 0.05) is 5.75 Å². The van der Waals surface area contributed by atoms with Gasteiger partial charge in [0.1, 0.15) is 12.4 Å². The second-order valence-corrected chi connectivity index (χ2v) is 3.50. The predicted octanol–water partition coefficient (Wildman–Crippen LogP) is 2.06. The van der Waals surface area contributed by atoms with Crippen LogP contribution in [0.5, 0.6) is 5.75 Å². The number of nitrogens with zero attached hydrogens (tertiary/aromatic N) is 1. The highest BCUT2D eigenvalue weighted by atomic mass is 32.1. The quantitative estimate of drug-likeness (QED) is 0.353. The van der Waals surface area contributed by atoms with E-state index >= 15 is 0 Å². The third-order valence-electron chi connectivity index (χ3n) is 1.84. The van der Waals surface area contributed by atoms with Gasteiger partial charge in [0.2, 0.25) is 0 Å². The predicted molar refractivity (Wildman–Crippen MR) is 63.2 cm³/mol. The normalized spacial score (nSPS) is 10.2. The van der Waals surface area contributed by atoms with Gasteiger partial charge in [-0.1, -0.05) is 0 Å². The molecule has 0 bridgehead atoms. The lowest BCUT2D eigenvalue weighted by Crippen LogP contribution is -2.09. The molecule has 0 aromatic heterocycles. The average molecular weight is 261 g/mol. The first-order chi connectivity index (χ1) is 8.15. The maximum absolute atomic E-state index is 12.8. The number of halogens is 1. The zero-order chi connectivity index (χ0) is 12.7. The fourth-order valence-corrected chi connectivity index (χ4v) is 1.26. The topological polar surface area (TPSA) is 61.6 Å². The largest absolute Gasteiger partial charge is 0.484 e. The molecule has 0 saturated heterocycles. The van der Waals surface area contributed by atoms with Crippen molar-refractivity contribution >= 4 is 18.3 Å². The van der Waals surface area contributed by atoms with E-state index in [9.17, 15) is 14.5 Å². The Hall–Kier alpha value is -1.34. The van der Waals surface area contributed by atoms with Crippen LogP contribution in [-0.4, -0.2) is 30.5 Å². The molecule has 0 aliphatic rings. The lowest BCUT2D eigenvalue weighted by Gasteiger charge is -2.06. The second kappa shape index (κ2) is 7.08. The van der Waals surface area contributed by atoms with Crippen LogP contribution in [0.2, 0.25) is 0 Å². The minimum Gasteiger partial charge on any atom is -0.484 e. The second-order valence-electron chi connectivity index (χ2n) is 3.05. The molecule has 7 heteroatoms. The molecule has 0 radical (unpaired) electrons. The first kappa shape index (κ1) is 13.7. The Balaban J connectivity index is 2.55. The van der Waals surface area contributed by atoms with E-state index in [0.29, 0.717) is 19.0 Å². The van der Waals surface area contributed by atoms with Crippen molar-refractivity contribution in [1.82, 2.24) is 0 Å². The Morgan fingerprint density at radius 2 is 2.12 bits per heavy atom. The van der Waals surface area contributed by atoms with Gasteiger partial charge in [-0.25, -0.2) is 4.39 Å². The van der Waals surface area contributed by atoms with Crippen molar-refractivity contribution in [2.45, 2.75) is 0 Å². The Bertz CT molecular complexity index is 389. The number of rotatable bonds is 7. The molecule has 0 spiro atoms. The van der Waals surface area contributed by atoms with E-state index < -0.39 is 10.7 Å². The van der Waals surface area contributed by atoms with Gasteiger partial charge in [0.15, 0.2) is 5.75 Å². The number of hydrogen-bond donors (Lipinski definition) is 1. The van der Waals surface area contributed by atoms with Crippen LogP contribution in [0.15, 0.2) is 18.2 Å². The van der Waals surface area contributed by atoms with Crippen LogP contribution >= 0.6 is 12.6 Å². The molecule has 5 nitrogen and oxygen atoms in total. The SMILES string of the molecule is O=[N+]([O-])c1cc(F)ccc1OCCOCCS. The van der Waals surface area contributed by atoms with E-state index in [1.165, 1.54) is 6.07 Å². The molecule has 0 heterocycles. The van der Waals surface area contributed by atoms with Crippen molar-refractivity contribution in [1.29, 1.82) is 0 Å². The number of benzene rings is 1. The summed E-state index contributed by atoms with van der Waals surface area (Å²) in [6.45, 7) is 0.952. The van der Waals surface area contributed by atoms with Crippen LogP contribution in [0.1, 0.15) is 0 Å². The zero-order valence-electron chi connectivity index (χ0n) is 8.97. The van der Waals surface area contributed by atoms with Crippen LogP contribution < -0.4 is 4.74 Å². The van der Waals surface area contributed by atoms with Crippen LogP contribution in [-0.2, 0) is 4.74 Å². The van der Waals surface area contributed by atoms with Crippen molar-refractivity contribution in [3.63, 3.8) is 0 Å². The van der Waals surface area contributed by atoms with Crippen molar-refractivity contribution in [3.8, 4) is 5.75 Å². The fourth-order valence-electron chi connectivity index (χ4n) is 1.13. The molecule has 0 aliphatic heterocycles. The monoisotopic (exact) mass is 261 g/mol. The van der Waals surface area contributed by atoms with Crippen LogP contribution in [0.3, 0.4) is 0 Å². The summed E-state index contributed by atoms with van der Waals surface area (Å²) in [5.74, 6) is -0.0438. The minimum atomic E-state index is -0.688. The molecule has 0 N–H and O–H groups in total. The standard InChI is InChI=1S/C10H12FNO4S/c11-8-1-2-10(9(7-8)12(13)14)16-4-3-15-5-6-17/h1-2,7,17H,3-6H2. The summed E-state index contributed by atoms with van der Waals surface area (Å²) in [6, 6.07) is 3.16. The molecule has 0 amide bonds. The van der Waals surface area contributed by atoms with Gasteiger partial charge in [0.25, 0.3) is 0 Å². The van der Waals surface area contributed by atoms with Gasteiger partial charge < -0.3 is 9.47 Å². The zero-order valence-corrected chi connectivity index (χ0v) is 9.86. The lowest BCUT2D eigenvalue weighted by atomic mass is 10.3. The van der Waals surface area contributed by atoms with Crippen molar-refractivity contribution in [2.24, 2.45) is 0 Å². The summed E-state index contributed by atoms with van der Waals surface area (Å²) < 4.78 is 23.0. The highest BCUT2D eigenvalue weighted by Gasteiger charge is 2.15. The van der Waals surface area contributed by atoms with Crippen molar-refractivity contribution < 1.29 is 18.8 Å². The third-order valence-corrected chi connectivity index (χ3v) is 2.02.